The SMILES string of the molecule is Cc1ccc2c(c1-c1ccc3c(sc4ccccc43)c1C(C)c1ccc3ccccc3c1)-c1ccccc1C2(C)C. The molecule has 41 heavy (non-hydrogen) atoms. The van der Waals surface area contributed by atoms with Crippen LogP contribution in [0.4, 0.5) is 0 Å². The van der Waals surface area contributed by atoms with Gasteiger partial charge in [-0.25, -0.2) is 0 Å². The molecule has 1 unspecified atom stereocenters. The zero-order valence-corrected chi connectivity index (χ0v) is 24.8. The predicted octanol–water partition coefficient (Wildman–Crippen LogP) is 11.6. The van der Waals surface area contributed by atoms with E-state index in [0.717, 1.165) is 0 Å². The quantitative estimate of drug-likeness (QED) is 0.207. The first-order chi connectivity index (χ1) is 19.9. The molecule has 1 aliphatic carbocycles. The molecule has 198 valence electrons. The Morgan fingerprint density at radius 3 is 2.24 bits per heavy atom. The number of benzene rings is 6. The van der Waals surface area contributed by atoms with Gasteiger partial charge in [0, 0.05) is 31.5 Å². The van der Waals surface area contributed by atoms with E-state index in [2.05, 4.69) is 143 Å². The van der Waals surface area contributed by atoms with Gasteiger partial charge in [-0.15, -0.1) is 11.3 Å². The van der Waals surface area contributed by atoms with E-state index in [1.807, 2.05) is 11.3 Å². The minimum Gasteiger partial charge on any atom is -0.135 e. The van der Waals surface area contributed by atoms with E-state index >= 15 is 0 Å². The number of rotatable bonds is 3. The van der Waals surface area contributed by atoms with E-state index in [-0.39, 0.29) is 11.3 Å². The van der Waals surface area contributed by atoms with Crippen molar-refractivity contribution in [1.29, 1.82) is 0 Å². The normalized spacial score (nSPS) is 14.4. The lowest BCUT2D eigenvalue weighted by Gasteiger charge is -2.24. The van der Waals surface area contributed by atoms with Gasteiger partial charge in [-0.05, 0) is 73.8 Å². The van der Waals surface area contributed by atoms with Crippen molar-refractivity contribution in [3.63, 3.8) is 0 Å². The molecule has 0 aliphatic heterocycles. The van der Waals surface area contributed by atoms with Crippen molar-refractivity contribution >= 4 is 42.3 Å². The van der Waals surface area contributed by atoms with Crippen LogP contribution in [0.25, 0.3) is 53.2 Å². The fourth-order valence-corrected chi connectivity index (χ4v) is 8.69. The van der Waals surface area contributed by atoms with Crippen molar-refractivity contribution < 1.29 is 0 Å². The summed E-state index contributed by atoms with van der Waals surface area (Å²) in [7, 11) is 0. The zero-order valence-electron chi connectivity index (χ0n) is 24.0. The van der Waals surface area contributed by atoms with Crippen LogP contribution < -0.4 is 0 Å². The average molecular weight is 545 g/mol. The maximum absolute atomic E-state index is 2.42. The molecule has 1 aliphatic rings. The van der Waals surface area contributed by atoms with Crippen LogP contribution in [0.5, 0.6) is 0 Å². The second-order valence-electron chi connectivity index (χ2n) is 12.2. The third kappa shape index (κ3) is 3.52. The molecule has 0 saturated carbocycles. The molecule has 0 amide bonds. The van der Waals surface area contributed by atoms with Crippen LogP contribution in [0, 0.1) is 6.92 Å². The number of thiophene rings is 1. The highest BCUT2D eigenvalue weighted by atomic mass is 32.1. The smallest absolute Gasteiger partial charge is 0.0399 e. The Balaban J connectivity index is 1.47. The summed E-state index contributed by atoms with van der Waals surface area (Å²) in [6, 6.07) is 43.2. The topological polar surface area (TPSA) is 0 Å². The fourth-order valence-electron chi connectivity index (χ4n) is 7.35. The molecule has 8 rings (SSSR count). The summed E-state index contributed by atoms with van der Waals surface area (Å²) in [5.74, 6) is 0.228. The van der Waals surface area contributed by atoms with Crippen molar-refractivity contribution in [3.05, 3.63) is 143 Å². The maximum atomic E-state index is 2.42. The van der Waals surface area contributed by atoms with Gasteiger partial charge in [-0.3, -0.25) is 0 Å². The lowest BCUT2D eigenvalue weighted by Crippen LogP contribution is -2.15. The van der Waals surface area contributed by atoms with Gasteiger partial charge in [0.2, 0.25) is 0 Å². The molecule has 0 fully saturated rings. The number of fused-ring (bicyclic) bond motifs is 7. The molecule has 1 atom stereocenters. The lowest BCUT2D eigenvalue weighted by atomic mass is 9.79. The largest absolute Gasteiger partial charge is 0.135 e. The molecule has 1 aromatic heterocycles. The second kappa shape index (κ2) is 8.90. The first-order valence-corrected chi connectivity index (χ1v) is 15.4. The van der Waals surface area contributed by atoms with Crippen LogP contribution in [-0.4, -0.2) is 0 Å². The van der Waals surface area contributed by atoms with Crippen LogP contribution in [0.1, 0.15) is 54.5 Å². The highest BCUT2D eigenvalue weighted by Crippen LogP contribution is 2.55. The van der Waals surface area contributed by atoms with Gasteiger partial charge in [0.05, 0.1) is 0 Å². The Labute approximate surface area is 245 Å². The number of hydrogen-bond acceptors (Lipinski definition) is 1. The molecule has 0 bridgehead atoms. The molecule has 1 heteroatoms. The number of hydrogen-bond donors (Lipinski definition) is 0. The lowest BCUT2D eigenvalue weighted by molar-refractivity contribution is 0.660. The van der Waals surface area contributed by atoms with Crippen LogP contribution >= 0.6 is 11.3 Å². The summed E-state index contributed by atoms with van der Waals surface area (Å²) in [5.41, 5.74) is 12.5. The molecular formula is C40H32S. The van der Waals surface area contributed by atoms with E-state index in [9.17, 15) is 0 Å². The zero-order chi connectivity index (χ0) is 27.9. The molecule has 7 aromatic rings. The average Bonchev–Trinajstić information content (AvgIpc) is 3.48. The summed E-state index contributed by atoms with van der Waals surface area (Å²) in [4.78, 5) is 0. The van der Waals surface area contributed by atoms with Gasteiger partial charge in [-0.1, -0.05) is 130 Å². The Kier molecular flexibility index (Phi) is 5.34. The summed E-state index contributed by atoms with van der Waals surface area (Å²) in [6.07, 6.45) is 0. The first kappa shape index (κ1) is 24.6. The first-order valence-electron chi connectivity index (χ1n) is 14.6. The van der Waals surface area contributed by atoms with Gasteiger partial charge in [0.15, 0.2) is 0 Å². The summed E-state index contributed by atoms with van der Waals surface area (Å²) < 4.78 is 2.76. The number of aryl methyl sites for hydroxylation is 1. The van der Waals surface area contributed by atoms with Gasteiger partial charge >= 0.3 is 0 Å². The summed E-state index contributed by atoms with van der Waals surface area (Å²) >= 11 is 1.95. The van der Waals surface area contributed by atoms with E-state index < -0.39 is 0 Å². The van der Waals surface area contributed by atoms with Gasteiger partial charge in [0.25, 0.3) is 0 Å². The highest BCUT2D eigenvalue weighted by Gasteiger charge is 2.37. The van der Waals surface area contributed by atoms with E-state index in [1.165, 1.54) is 81.0 Å². The van der Waals surface area contributed by atoms with Crippen LogP contribution in [-0.2, 0) is 5.41 Å². The Hall–Kier alpha value is -4.20. The van der Waals surface area contributed by atoms with E-state index in [4.69, 9.17) is 0 Å². The van der Waals surface area contributed by atoms with E-state index in [1.54, 1.807) is 0 Å². The van der Waals surface area contributed by atoms with Crippen molar-refractivity contribution in [2.45, 2.75) is 39.0 Å². The van der Waals surface area contributed by atoms with Gasteiger partial charge in [0.1, 0.15) is 0 Å². The molecule has 6 aromatic carbocycles. The third-order valence-electron chi connectivity index (χ3n) is 9.52. The third-order valence-corrected chi connectivity index (χ3v) is 10.7. The second-order valence-corrected chi connectivity index (χ2v) is 13.2. The minimum atomic E-state index is -0.0276. The summed E-state index contributed by atoms with van der Waals surface area (Å²) in [6.45, 7) is 9.46. The monoisotopic (exact) mass is 544 g/mol. The molecule has 1 heterocycles. The van der Waals surface area contributed by atoms with Gasteiger partial charge in [-0.2, -0.15) is 0 Å². The molecular weight excluding hydrogens is 513 g/mol. The summed E-state index contributed by atoms with van der Waals surface area (Å²) in [5, 5.41) is 5.31. The van der Waals surface area contributed by atoms with Gasteiger partial charge < -0.3 is 0 Å². The van der Waals surface area contributed by atoms with Crippen molar-refractivity contribution in [2.75, 3.05) is 0 Å². The fraction of sp³-hybridized carbons (Fsp3) is 0.150. The Morgan fingerprint density at radius 2 is 1.37 bits per heavy atom. The standard InChI is InChI=1S/C40H32S/c1-24-17-22-34-38(31-14-7-9-15-33(31)40(34,3)4)36(24)32-21-20-30-29-13-8-10-16-35(29)41-39(30)37(32)25(2)27-19-18-26-11-5-6-12-28(26)23-27/h5-23,25H,1-4H3. The molecule has 0 spiro atoms. The molecule has 0 radical (unpaired) electrons. The highest BCUT2D eigenvalue weighted by molar-refractivity contribution is 7.26. The molecule has 0 nitrogen and oxygen atoms in total. The van der Waals surface area contributed by atoms with Crippen molar-refractivity contribution in [2.24, 2.45) is 0 Å². The van der Waals surface area contributed by atoms with Crippen LogP contribution in [0.2, 0.25) is 0 Å². The molecule has 0 N–H and O–H groups in total. The molecule has 0 saturated heterocycles. The van der Waals surface area contributed by atoms with Crippen molar-refractivity contribution in [1.82, 2.24) is 0 Å². The maximum Gasteiger partial charge on any atom is 0.0399 e. The Bertz CT molecular complexity index is 2160. The van der Waals surface area contributed by atoms with E-state index in [0.29, 0.717) is 0 Å². The van der Waals surface area contributed by atoms with Crippen LogP contribution in [0.15, 0.2) is 115 Å². The minimum absolute atomic E-state index is 0.0276. The van der Waals surface area contributed by atoms with Crippen LogP contribution in [0.3, 0.4) is 0 Å². The Morgan fingerprint density at radius 1 is 0.610 bits per heavy atom. The predicted molar refractivity (Wildman–Crippen MR) is 179 cm³/mol. The van der Waals surface area contributed by atoms with Crippen molar-refractivity contribution in [3.8, 4) is 22.3 Å².